The number of piperidine rings is 1. The van der Waals surface area contributed by atoms with Crippen molar-refractivity contribution < 1.29 is 13.9 Å². The Morgan fingerprint density at radius 1 is 1.42 bits per heavy atom. The summed E-state index contributed by atoms with van der Waals surface area (Å²) in [6, 6.07) is 4.86. The van der Waals surface area contributed by atoms with Crippen molar-refractivity contribution in [3.63, 3.8) is 0 Å². The van der Waals surface area contributed by atoms with Crippen LogP contribution in [0, 0.1) is 12.7 Å². The van der Waals surface area contributed by atoms with E-state index in [2.05, 4.69) is 20.9 Å². The van der Waals surface area contributed by atoms with Crippen LogP contribution in [-0.2, 0) is 6.54 Å². The summed E-state index contributed by atoms with van der Waals surface area (Å²) in [5, 5.41) is 14.3. The van der Waals surface area contributed by atoms with E-state index in [1.807, 2.05) is 11.6 Å². The van der Waals surface area contributed by atoms with Gasteiger partial charge in [0.2, 0.25) is 0 Å². The number of halogens is 2. The summed E-state index contributed by atoms with van der Waals surface area (Å²) in [5.74, 6) is -0.591. The fourth-order valence-corrected chi connectivity index (χ4v) is 3.03. The second kappa shape index (κ2) is 8.95. The predicted molar refractivity (Wildman–Crippen MR) is 97.3 cm³/mol. The maximum absolute atomic E-state index is 13.7. The third kappa shape index (κ3) is 4.31. The first-order valence-electron chi connectivity index (χ1n) is 8.33. The topological polar surface area (TPSA) is 81.1 Å². The number of rotatable bonds is 5. The predicted octanol–water partition coefficient (Wildman–Crippen LogP) is 2.01. The van der Waals surface area contributed by atoms with Gasteiger partial charge < -0.3 is 15.4 Å². The monoisotopic (exact) mass is 383 g/mol. The highest BCUT2D eigenvalue weighted by molar-refractivity contribution is 5.93. The number of benzene rings is 1. The highest BCUT2D eigenvalue weighted by atomic mass is 35.5. The Morgan fingerprint density at radius 2 is 2.15 bits per heavy atom. The second-order valence-corrected chi connectivity index (χ2v) is 6.10. The molecule has 0 radical (unpaired) electrons. The van der Waals surface area contributed by atoms with E-state index >= 15 is 0 Å². The SMILES string of the molecule is COc1ccc(CNC(=O)c2nnn(C3CCNCC3)c2C)cc1F.Cl. The van der Waals surface area contributed by atoms with E-state index in [1.165, 1.54) is 19.2 Å². The van der Waals surface area contributed by atoms with E-state index in [1.54, 1.807) is 6.07 Å². The summed E-state index contributed by atoms with van der Waals surface area (Å²) in [6.07, 6.45) is 1.94. The number of methoxy groups -OCH3 is 1. The molecule has 0 saturated carbocycles. The standard InChI is InChI=1S/C17H22FN5O2.ClH/c1-11-16(21-22-23(11)13-5-7-19-8-6-13)17(24)20-10-12-3-4-15(25-2)14(18)9-12;/h3-4,9,13,19H,5-8,10H2,1-2H3,(H,20,24);1H. The summed E-state index contributed by atoms with van der Waals surface area (Å²) in [6.45, 7) is 3.94. The van der Waals surface area contributed by atoms with Gasteiger partial charge in [-0.1, -0.05) is 11.3 Å². The third-order valence-corrected chi connectivity index (χ3v) is 4.47. The Morgan fingerprint density at radius 3 is 2.81 bits per heavy atom. The van der Waals surface area contributed by atoms with Crippen molar-refractivity contribution in [2.24, 2.45) is 0 Å². The Hall–Kier alpha value is -2.19. The number of nitrogens with zero attached hydrogens (tertiary/aromatic N) is 3. The van der Waals surface area contributed by atoms with E-state index in [0.29, 0.717) is 11.3 Å². The number of aromatic nitrogens is 3. The minimum absolute atomic E-state index is 0. The smallest absolute Gasteiger partial charge is 0.274 e. The zero-order valence-corrected chi connectivity index (χ0v) is 15.6. The second-order valence-electron chi connectivity index (χ2n) is 6.10. The first-order valence-corrected chi connectivity index (χ1v) is 8.33. The molecule has 142 valence electrons. The van der Waals surface area contributed by atoms with Gasteiger partial charge in [-0.15, -0.1) is 17.5 Å². The molecule has 1 aromatic heterocycles. The Bertz CT molecular complexity index is 762. The van der Waals surface area contributed by atoms with Crippen LogP contribution < -0.4 is 15.4 Å². The van der Waals surface area contributed by atoms with Gasteiger partial charge in [-0.3, -0.25) is 4.79 Å². The highest BCUT2D eigenvalue weighted by Crippen LogP contribution is 2.20. The minimum atomic E-state index is -0.456. The van der Waals surface area contributed by atoms with Crippen molar-refractivity contribution in [2.75, 3.05) is 20.2 Å². The van der Waals surface area contributed by atoms with Gasteiger partial charge >= 0.3 is 0 Å². The van der Waals surface area contributed by atoms with Crippen molar-refractivity contribution >= 4 is 18.3 Å². The number of carbonyl (C=O) groups excluding carboxylic acids is 1. The summed E-state index contributed by atoms with van der Waals surface area (Å²) < 4.78 is 20.4. The van der Waals surface area contributed by atoms with Gasteiger partial charge in [-0.05, 0) is 50.6 Å². The average Bonchev–Trinajstić information content (AvgIpc) is 3.02. The molecule has 0 spiro atoms. The van der Waals surface area contributed by atoms with Crippen LogP contribution in [0.2, 0.25) is 0 Å². The molecule has 0 atom stereocenters. The molecule has 0 bridgehead atoms. The maximum Gasteiger partial charge on any atom is 0.274 e. The van der Waals surface area contributed by atoms with Gasteiger partial charge in [0.25, 0.3) is 5.91 Å². The summed E-state index contributed by atoms with van der Waals surface area (Å²) in [7, 11) is 1.41. The van der Waals surface area contributed by atoms with E-state index in [0.717, 1.165) is 31.6 Å². The number of ether oxygens (including phenoxy) is 1. The molecule has 2 aromatic rings. The van der Waals surface area contributed by atoms with Crippen LogP contribution in [0.1, 0.15) is 40.6 Å². The molecule has 26 heavy (non-hydrogen) atoms. The molecule has 1 aliphatic heterocycles. The number of amides is 1. The van der Waals surface area contributed by atoms with Gasteiger partial charge in [-0.25, -0.2) is 9.07 Å². The molecule has 2 heterocycles. The largest absolute Gasteiger partial charge is 0.494 e. The van der Waals surface area contributed by atoms with Crippen LogP contribution in [0.4, 0.5) is 4.39 Å². The van der Waals surface area contributed by atoms with Crippen molar-refractivity contribution in [1.29, 1.82) is 0 Å². The molecule has 7 nitrogen and oxygen atoms in total. The number of hydrogen-bond donors (Lipinski definition) is 2. The number of nitrogens with one attached hydrogen (secondary N) is 2. The molecule has 1 amide bonds. The Kier molecular flexibility index (Phi) is 6.93. The molecule has 3 rings (SSSR count). The molecule has 2 N–H and O–H groups in total. The summed E-state index contributed by atoms with van der Waals surface area (Å²) in [4.78, 5) is 12.4. The van der Waals surface area contributed by atoms with Gasteiger partial charge in [0.15, 0.2) is 17.3 Å². The zero-order chi connectivity index (χ0) is 17.8. The van der Waals surface area contributed by atoms with E-state index in [9.17, 15) is 9.18 Å². The van der Waals surface area contributed by atoms with Crippen LogP contribution in [0.3, 0.4) is 0 Å². The van der Waals surface area contributed by atoms with Gasteiger partial charge in [0.1, 0.15) is 0 Å². The van der Waals surface area contributed by atoms with Crippen LogP contribution in [0.5, 0.6) is 5.75 Å². The Labute approximate surface area is 157 Å². The lowest BCUT2D eigenvalue weighted by molar-refractivity contribution is 0.0945. The van der Waals surface area contributed by atoms with Crippen molar-refractivity contribution in [3.05, 3.63) is 41.0 Å². The van der Waals surface area contributed by atoms with Crippen LogP contribution in [-0.4, -0.2) is 41.1 Å². The van der Waals surface area contributed by atoms with Crippen molar-refractivity contribution in [1.82, 2.24) is 25.6 Å². The van der Waals surface area contributed by atoms with E-state index in [4.69, 9.17) is 4.74 Å². The van der Waals surface area contributed by atoms with Crippen LogP contribution >= 0.6 is 12.4 Å². The lowest BCUT2D eigenvalue weighted by Gasteiger charge is -2.23. The van der Waals surface area contributed by atoms with Crippen molar-refractivity contribution in [3.8, 4) is 5.75 Å². The fraction of sp³-hybridized carbons (Fsp3) is 0.471. The molecule has 0 aliphatic carbocycles. The first-order chi connectivity index (χ1) is 12.1. The van der Waals surface area contributed by atoms with E-state index < -0.39 is 5.82 Å². The molecule has 1 aliphatic rings. The van der Waals surface area contributed by atoms with Gasteiger partial charge in [0.05, 0.1) is 18.8 Å². The summed E-state index contributed by atoms with van der Waals surface area (Å²) in [5.41, 5.74) is 1.72. The highest BCUT2D eigenvalue weighted by Gasteiger charge is 2.22. The molecule has 1 saturated heterocycles. The van der Waals surface area contributed by atoms with Crippen molar-refractivity contribution in [2.45, 2.75) is 32.4 Å². The van der Waals surface area contributed by atoms with Gasteiger partial charge in [-0.2, -0.15) is 0 Å². The van der Waals surface area contributed by atoms with E-state index in [-0.39, 0.29) is 36.7 Å². The normalized spacial score (nSPS) is 14.6. The maximum atomic E-state index is 13.7. The lowest BCUT2D eigenvalue weighted by atomic mass is 10.1. The third-order valence-electron chi connectivity index (χ3n) is 4.47. The number of hydrogen-bond acceptors (Lipinski definition) is 5. The van der Waals surface area contributed by atoms with Crippen LogP contribution in [0.25, 0.3) is 0 Å². The minimum Gasteiger partial charge on any atom is -0.494 e. The first kappa shape index (κ1) is 20.1. The lowest BCUT2D eigenvalue weighted by Crippen LogP contribution is -2.30. The molecule has 1 fully saturated rings. The quantitative estimate of drug-likeness (QED) is 0.825. The zero-order valence-electron chi connectivity index (χ0n) is 14.8. The Balaban J connectivity index is 0.00000243. The molecule has 1 aromatic carbocycles. The fourth-order valence-electron chi connectivity index (χ4n) is 3.03. The number of carbonyl (C=O) groups is 1. The molecule has 9 heteroatoms. The van der Waals surface area contributed by atoms with Crippen LogP contribution in [0.15, 0.2) is 18.2 Å². The molecular formula is C17H23ClFN5O2. The molecule has 0 unspecified atom stereocenters. The average molecular weight is 384 g/mol. The molecular weight excluding hydrogens is 361 g/mol. The van der Waals surface area contributed by atoms with Gasteiger partial charge in [0, 0.05) is 6.54 Å². The summed E-state index contributed by atoms with van der Waals surface area (Å²) >= 11 is 0.